The maximum absolute atomic E-state index is 12.2. The van der Waals surface area contributed by atoms with Gasteiger partial charge >= 0.3 is 0 Å². The first-order valence-electron chi connectivity index (χ1n) is 7.50. The van der Waals surface area contributed by atoms with E-state index in [-0.39, 0.29) is 16.6 Å². The number of aromatic nitrogens is 2. The lowest BCUT2D eigenvalue weighted by Crippen LogP contribution is -2.25. The van der Waals surface area contributed by atoms with E-state index in [2.05, 4.69) is 11.8 Å². The molecule has 7 nitrogen and oxygen atoms in total. The van der Waals surface area contributed by atoms with Gasteiger partial charge in [0, 0.05) is 43.2 Å². The Morgan fingerprint density at radius 3 is 2.64 bits per heavy atom. The minimum atomic E-state index is -1.34. The van der Waals surface area contributed by atoms with E-state index in [1.807, 2.05) is 36.0 Å². The quantitative estimate of drug-likeness (QED) is 0.385. The van der Waals surface area contributed by atoms with Crippen molar-refractivity contribution in [2.45, 2.75) is 0 Å². The molecular formula is C18H16N4O3. The molecule has 1 aromatic rings. The van der Waals surface area contributed by atoms with Crippen molar-refractivity contribution < 1.29 is 14.6 Å². The number of benzene rings is 1. The topological polar surface area (TPSA) is 82.4 Å². The highest BCUT2D eigenvalue weighted by molar-refractivity contribution is 5.88. The van der Waals surface area contributed by atoms with Gasteiger partial charge in [0.15, 0.2) is 12.1 Å². The molecule has 3 rings (SSSR count). The van der Waals surface area contributed by atoms with Crippen molar-refractivity contribution in [1.29, 1.82) is 0 Å². The number of carboxylic acid groups (broad SMARTS) is 1. The number of hydrogen-bond acceptors (Lipinski definition) is 4. The van der Waals surface area contributed by atoms with Gasteiger partial charge in [-0.2, -0.15) is 0 Å². The predicted octanol–water partition coefficient (Wildman–Crippen LogP) is 0.0526. The molecule has 0 atom stereocenters. The molecule has 0 spiro atoms. The van der Waals surface area contributed by atoms with Crippen molar-refractivity contribution in [3.63, 3.8) is 0 Å². The van der Waals surface area contributed by atoms with E-state index in [1.165, 1.54) is 23.0 Å². The number of hydrogen-bond donors (Lipinski definition) is 0. The summed E-state index contributed by atoms with van der Waals surface area (Å²) < 4.78 is 4.81. The fourth-order valence-corrected chi connectivity index (χ4v) is 2.67. The molecule has 0 radical (unpaired) electrons. The number of carbonyl (C=O) groups is 1. The van der Waals surface area contributed by atoms with Gasteiger partial charge in [-0.1, -0.05) is 10.8 Å². The highest BCUT2D eigenvalue weighted by Gasteiger charge is 2.22. The highest BCUT2D eigenvalue weighted by Crippen LogP contribution is 2.29. The van der Waals surface area contributed by atoms with E-state index in [4.69, 9.17) is 0 Å². The standard InChI is InChI=1S/C18H16N4O3/c1-20-9-5-4-6-16(20)19-22(3)14-7-8-15(23)13-10-12(18(24)25)11-21(2)17(13)14/h4-11H,3H2,1-2H3. The molecule has 0 bridgehead atoms. The molecule has 0 fully saturated rings. The van der Waals surface area contributed by atoms with Gasteiger partial charge in [-0.05, 0) is 24.3 Å². The molecule has 0 unspecified atom stereocenters. The first-order valence-corrected chi connectivity index (χ1v) is 7.50. The Kier molecular flexibility index (Phi) is 4.06. The molecule has 2 aliphatic rings. The summed E-state index contributed by atoms with van der Waals surface area (Å²) in [6.07, 6.45) is 3.26. The van der Waals surface area contributed by atoms with Crippen LogP contribution in [0.15, 0.2) is 58.7 Å². The summed E-state index contributed by atoms with van der Waals surface area (Å²) in [5.74, 6) is -1.34. The van der Waals surface area contributed by atoms with E-state index in [1.54, 1.807) is 17.7 Å². The van der Waals surface area contributed by atoms with Crippen molar-refractivity contribution >= 4 is 18.4 Å². The maximum Gasteiger partial charge on any atom is 0.261 e. The fourth-order valence-electron chi connectivity index (χ4n) is 2.67. The maximum atomic E-state index is 12.2. The van der Waals surface area contributed by atoms with Gasteiger partial charge in [-0.3, -0.25) is 4.79 Å². The van der Waals surface area contributed by atoms with Crippen LogP contribution in [0, 0.1) is 0 Å². The summed E-state index contributed by atoms with van der Waals surface area (Å²) in [5.41, 5.74) is 1.71. The van der Waals surface area contributed by atoms with E-state index < -0.39 is 5.97 Å². The molecular weight excluding hydrogens is 320 g/mol. The van der Waals surface area contributed by atoms with Crippen LogP contribution in [0.5, 0.6) is 0 Å². The second-order valence-corrected chi connectivity index (χ2v) is 5.64. The Morgan fingerprint density at radius 2 is 1.96 bits per heavy atom. The smallest absolute Gasteiger partial charge is 0.261 e. The van der Waals surface area contributed by atoms with Crippen LogP contribution in [0.3, 0.4) is 0 Å². The van der Waals surface area contributed by atoms with Crippen molar-refractivity contribution in [1.82, 2.24) is 9.13 Å². The number of aromatic carboxylic acids is 1. The van der Waals surface area contributed by atoms with Gasteiger partial charge in [-0.25, -0.2) is 0 Å². The van der Waals surface area contributed by atoms with Crippen molar-refractivity contribution in [3.05, 3.63) is 70.1 Å². The van der Waals surface area contributed by atoms with Crippen molar-refractivity contribution in [2.75, 3.05) is 0 Å². The van der Waals surface area contributed by atoms with E-state index in [0.717, 1.165) is 0 Å². The minimum absolute atomic E-state index is 0.0636. The van der Waals surface area contributed by atoms with Crippen LogP contribution in [0.25, 0.3) is 11.3 Å². The number of pyridine rings is 2. The average Bonchev–Trinajstić information content (AvgIpc) is 2.57. The molecule has 0 N–H and O–H groups in total. The van der Waals surface area contributed by atoms with Crippen LogP contribution in [0.4, 0.5) is 5.69 Å². The molecule has 25 heavy (non-hydrogen) atoms. The predicted molar refractivity (Wildman–Crippen MR) is 90.7 cm³/mol. The summed E-state index contributed by atoms with van der Waals surface area (Å²) >= 11 is 0. The van der Waals surface area contributed by atoms with Crippen LogP contribution < -0.4 is 16.0 Å². The number of fused-ring (bicyclic) bond motifs is 1. The zero-order chi connectivity index (χ0) is 18.1. The van der Waals surface area contributed by atoms with Gasteiger partial charge in [0.2, 0.25) is 5.49 Å². The van der Waals surface area contributed by atoms with E-state index in [0.29, 0.717) is 16.9 Å². The molecule has 0 amide bonds. The Hall–Kier alpha value is -3.48. The number of carbonyl (C=O) groups excluding carboxylic acids is 1. The van der Waals surface area contributed by atoms with E-state index >= 15 is 0 Å². The third-order valence-corrected chi connectivity index (χ3v) is 3.91. The summed E-state index contributed by atoms with van der Waals surface area (Å²) in [7, 11) is 3.52. The number of carboxylic acids is 1. The Bertz CT molecular complexity index is 1090. The second kappa shape index (κ2) is 6.20. The lowest BCUT2D eigenvalue weighted by Gasteiger charge is -2.14. The molecule has 1 aliphatic carbocycles. The van der Waals surface area contributed by atoms with Crippen molar-refractivity contribution in [2.24, 2.45) is 19.2 Å². The Morgan fingerprint density at radius 1 is 1.20 bits per heavy atom. The molecule has 0 saturated heterocycles. The minimum Gasteiger partial charge on any atom is -0.545 e. The highest BCUT2D eigenvalue weighted by atomic mass is 16.4. The third-order valence-electron chi connectivity index (χ3n) is 3.91. The molecule has 2 heterocycles. The van der Waals surface area contributed by atoms with Gasteiger partial charge < -0.3 is 19.0 Å². The van der Waals surface area contributed by atoms with Crippen LogP contribution in [-0.2, 0) is 14.1 Å². The molecule has 7 heteroatoms. The van der Waals surface area contributed by atoms with Crippen molar-refractivity contribution in [3.8, 4) is 11.3 Å². The molecule has 1 aliphatic heterocycles. The lowest BCUT2D eigenvalue weighted by atomic mass is 10.0. The Labute approximate surface area is 143 Å². The summed E-state index contributed by atoms with van der Waals surface area (Å²) in [6.45, 7) is 3.93. The number of nitrogens with zero attached hydrogens (tertiary/aromatic N) is 4. The zero-order valence-electron chi connectivity index (χ0n) is 13.8. The van der Waals surface area contributed by atoms with Gasteiger partial charge in [0.1, 0.15) is 5.69 Å². The largest absolute Gasteiger partial charge is 0.545 e. The monoisotopic (exact) mass is 336 g/mol. The molecule has 0 aromatic carbocycles. The average molecular weight is 336 g/mol. The zero-order valence-corrected chi connectivity index (χ0v) is 13.8. The number of rotatable bonds is 3. The van der Waals surface area contributed by atoms with Gasteiger partial charge in [0.05, 0.1) is 11.5 Å². The summed E-state index contributed by atoms with van der Waals surface area (Å²) in [4.78, 5) is 23.3. The molecule has 126 valence electrons. The lowest BCUT2D eigenvalue weighted by molar-refractivity contribution is -0.441. The summed E-state index contributed by atoms with van der Waals surface area (Å²) in [6, 6.07) is 9.87. The molecule has 0 saturated carbocycles. The van der Waals surface area contributed by atoms with Crippen LogP contribution in [0.2, 0.25) is 0 Å². The van der Waals surface area contributed by atoms with Crippen LogP contribution in [-0.4, -0.2) is 26.5 Å². The second-order valence-electron chi connectivity index (χ2n) is 5.64. The van der Waals surface area contributed by atoms with Gasteiger partial charge in [0.25, 0.3) is 5.69 Å². The first-order chi connectivity index (χ1) is 11.9. The Balaban J connectivity index is 2.25. The SMILES string of the molecule is C=[N+](N=c1ccccn1C)c1ccc(=O)c2cc(C(=O)[O-])cn(C)c1-2. The van der Waals surface area contributed by atoms with Crippen LogP contribution >= 0.6 is 0 Å². The molecule has 1 aromatic heterocycles. The number of aryl methyl sites for hydroxylation is 2. The first kappa shape index (κ1) is 16.4. The normalized spacial score (nSPS) is 11.7. The fraction of sp³-hybridized carbons (Fsp3) is 0.111. The third kappa shape index (κ3) is 2.99. The van der Waals surface area contributed by atoms with E-state index in [9.17, 15) is 14.7 Å². The van der Waals surface area contributed by atoms with Crippen LogP contribution in [0.1, 0.15) is 10.4 Å². The summed E-state index contributed by atoms with van der Waals surface area (Å²) in [5, 5.41) is 15.6. The van der Waals surface area contributed by atoms with Gasteiger partial charge in [-0.15, -0.1) is 0 Å².